The second-order valence-electron chi connectivity index (χ2n) is 7.15. The van der Waals surface area contributed by atoms with Crippen LogP contribution in [0, 0.1) is 21.4 Å². The van der Waals surface area contributed by atoms with Gasteiger partial charge in [-0.05, 0) is 29.8 Å². The Morgan fingerprint density at radius 1 is 1.20 bits per heavy atom. The number of nitriles is 1. The molecule has 174 valence electrons. The van der Waals surface area contributed by atoms with Gasteiger partial charge < -0.3 is 4.42 Å². The molecule has 0 saturated heterocycles. The number of amides is 1. The highest BCUT2D eigenvalue weighted by Crippen LogP contribution is 2.33. The summed E-state index contributed by atoms with van der Waals surface area (Å²) in [5.41, 5.74) is 1.04. The molecule has 8 nitrogen and oxygen atoms in total. The SMILES string of the molecule is N#C/C(=C\c1ccc(-c2ccc([N+](=O)[O-])cc2Cl)o1)C(=O)Nc1ncc(Cc2ccccc2Cl)s1. The van der Waals surface area contributed by atoms with E-state index in [1.165, 1.54) is 35.6 Å². The monoisotopic (exact) mass is 524 g/mol. The van der Waals surface area contributed by atoms with Crippen molar-refractivity contribution in [1.82, 2.24) is 4.98 Å². The highest BCUT2D eigenvalue weighted by Gasteiger charge is 2.16. The standard InChI is InChI=1S/C24H14Cl2N4O4S/c25-20-4-2-1-3-14(20)10-18-13-28-24(35-18)29-23(31)15(12-27)9-17-6-8-22(34-17)19-7-5-16(30(32)33)11-21(19)26/h1-9,11,13H,10H2,(H,28,29,31)/b15-9+. The molecule has 0 fully saturated rings. The van der Waals surface area contributed by atoms with Crippen molar-refractivity contribution in [3.8, 4) is 17.4 Å². The maximum atomic E-state index is 12.6. The molecule has 2 aromatic carbocycles. The van der Waals surface area contributed by atoms with Crippen molar-refractivity contribution >= 4 is 57.3 Å². The summed E-state index contributed by atoms with van der Waals surface area (Å²) < 4.78 is 5.68. The number of aromatic nitrogens is 1. The Labute approximate surface area is 213 Å². The summed E-state index contributed by atoms with van der Waals surface area (Å²) in [4.78, 5) is 28.1. The Bertz CT molecular complexity index is 1500. The smallest absolute Gasteiger partial charge is 0.270 e. The van der Waals surface area contributed by atoms with E-state index in [4.69, 9.17) is 27.6 Å². The van der Waals surface area contributed by atoms with Crippen LogP contribution in [-0.4, -0.2) is 15.8 Å². The Balaban J connectivity index is 1.47. The number of furan rings is 1. The molecule has 0 atom stereocenters. The molecule has 0 radical (unpaired) electrons. The number of halogens is 2. The largest absolute Gasteiger partial charge is 0.457 e. The van der Waals surface area contributed by atoms with Crippen LogP contribution in [0.5, 0.6) is 0 Å². The van der Waals surface area contributed by atoms with E-state index in [-0.39, 0.29) is 22.0 Å². The van der Waals surface area contributed by atoms with Gasteiger partial charge in [0.05, 0.1) is 9.95 Å². The van der Waals surface area contributed by atoms with Crippen molar-refractivity contribution < 1.29 is 14.1 Å². The van der Waals surface area contributed by atoms with E-state index in [9.17, 15) is 20.2 Å². The van der Waals surface area contributed by atoms with Gasteiger partial charge in [-0.3, -0.25) is 20.2 Å². The number of rotatable bonds is 7. The van der Waals surface area contributed by atoms with Gasteiger partial charge in [0.25, 0.3) is 11.6 Å². The fraction of sp³-hybridized carbons (Fsp3) is 0.0417. The quantitative estimate of drug-likeness (QED) is 0.123. The first-order valence-corrected chi connectivity index (χ1v) is 11.6. The minimum atomic E-state index is -0.641. The average molecular weight is 525 g/mol. The summed E-state index contributed by atoms with van der Waals surface area (Å²) >= 11 is 13.6. The summed E-state index contributed by atoms with van der Waals surface area (Å²) in [5.74, 6) is -0.0740. The first-order valence-electron chi connectivity index (χ1n) is 9.99. The highest BCUT2D eigenvalue weighted by atomic mass is 35.5. The van der Waals surface area contributed by atoms with Gasteiger partial charge in [0.1, 0.15) is 23.2 Å². The van der Waals surface area contributed by atoms with Gasteiger partial charge in [-0.1, -0.05) is 41.4 Å². The first kappa shape index (κ1) is 24.2. The number of nitrogens with zero attached hydrogens (tertiary/aromatic N) is 3. The van der Waals surface area contributed by atoms with Crippen LogP contribution in [0.15, 0.2) is 70.8 Å². The highest BCUT2D eigenvalue weighted by molar-refractivity contribution is 7.15. The number of non-ortho nitro benzene ring substituents is 1. The van der Waals surface area contributed by atoms with Crippen LogP contribution in [0.3, 0.4) is 0 Å². The molecule has 1 N–H and O–H groups in total. The predicted molar refractivity (Wildman–Crippen MR) is 134 cm³/mol. The topological polar surface area (TPSA) is 122 Å². The number of hydrogen-bond acceptors (Lipinski definition) is 7. The van der Waals surface area contributed by atoms with Gasteiger partial charge in [0.2, 0.25) is 0 Å². The number of nitro benzene ring substituents is 1. The first-order chi connectivity index (χ1) is 16.8. The molecule has 11 heteroatoms. The molecule has 4 aromatic rings. The minimum absolute atomic E-state index is 0.138. The fourth-order valence-electron chi connectivity index (χ4n) is 3.12. The summed E-state index contributed by atoms with van der Waals surface area (Å²) in [6.45, 7) is 0. The lowest BCUT2D eigenvalue weighted by molar-refractivity contribution is -0.384. The molecule has 0 aliphatic rings. The minimum Gasteiger partial charge on any atom is -0.457 e. The number of carbonyl (C=O) groups excluding carboxylic acids is 1. The Morgan fingerprint density at radius 2 is 2.00 bits per heavy atom. The van der Waals surface area contributed by atoms with E-state index in [1.807, 2.05) is 24.3 Å². The van der Waals surface area contributed by atoms with Gasteiger partial charge in [-0.15, -0.1) is 11.3 Å². The van der Waals surface area contributed by atoms with E-state index < -0.39 is 10.8 Å². The number of hydrogen-bond donors (Lipinski definition) is 1. The Hall–Kier alpha value is -3.97. The van der Waals surface area contributed by atoms with E-state index in [1.54, 1.807) is 24.4 Å². The van der Waals surface area contributed by atoms with Crippen molar-refractivity contribution in [2.75, 3.05) is 5.32 Å². The molecule has 0 saturated carbocycles. The van der Waals surface area contributed by atoms with E-state index in [0.29, 0.717) is 27.9 Å². The van der Waals surface area contributed by atoms with Crippen LogP contribution in [0.25, 0.3) is 17.4 Å². The lowest BCUT2D eigenvalue weighted by atomic mass is 10.1. The molecule has 0 spiro atoms. The second kappa shape index (κ2) is 10.5. The lowest BCUT2D eigenvalue weighted by Crippen LogP contribution is -2.13. The summed E-state index contributed by atoms with van der Waals surface area (Å²) in [5, 5.41) is 24.1. The summed E-state index contributed by atoms with van der Waals surface area (Å²) in [6.07, 6.45) is 3.50. The average Bonchev–Trinajstić information content (AvgIpc) is 3.48. The number of anilines is 1. The molecule has 0 aliphatic carbocycles. The number of carbonyl (C=O) groups is 1. The Morgan fingerprint density at radius 3 is 2.71 bits per heavy atom. The predicted octanol–water partition coefficient (Wildman–Crippen LogP) is 6.75. The number of nitrogens with one attached hydrogen (secondary N) is 1. The van der Waals surface area contributed by atoms with Gasteiger partial charge in [-0.25, -0.2) is 4.98 Å². The molecule has 4 rings (SSSR count). The third kappa shape index (κ3) is 5.75. The van der Waals surface area contributed by atoms with Crippen molar-refractivity contribution in [1.29, 1.82) is 5.26 Å². The molecule has 1 amide bonds. The van der Waals surface area contributed by atoms with Gasteiger partial charge in [0.15, 0.2) is 5.13 Å². The van der Waals surface area contributed by atoms with Gasteiger partial charge >= 0.3 is 0 Å². The molecular weight excluding hydrogens is 511 g/mol. The van der Waals surface area contributed by atoms with E-state index in [2.05, 4.69) is 10.3 Å². The number of thiazole rings is 1. The van der Waals surface area contributed by atoms with E-state index in [0.717, 1.165) is 10.4 Å². The normalized spacial score (nSPS) is 11.2. The van der Waals surface area contributed by atoms with Crippen molar-refractivity contribution in [2.45, 2.75) is 6.42 Å². The molecule has 0 unspecified atom stereocenters. The molecule has 2 heterocycles. The van der Waals surface area contributed by atoms with Crippen LogP contribution in [-0.2, 0) is 11.2 Å². The van der Waals surface area contributed by atoms with Gasteiger partial charge in [0, 0.05) is 46.3 Å². The van der Waals surface area contributed by atoms with Crippen molar-refractivity contribution in [2.24, 2.45) is 0 Å². The molecule has 0 bridgehead atoms. The van der Waals surface area contributed by atoms with Gasteiger partial charge in [-0.2, -0.15) is 5.26 Å². The number of benzene rings is 2. The van der Waals surface area contributed by atoms with Crippen LogP contribution >= 0.6 is 34.5 Å². The maximum absolute atomic E-state index is 12.6. The lowest BCUT2D eigenvalue weighted by Gasteiger charge is -2.01. The van der Waals surface area contributed by atoms with Crippen LogP contribution in [0.1, 0.15) is 16.2 Å². The molecule has 2 aromatic heterocycles. The second-order valence-corrected chi connectivity index (χ2v) is 9.08. The molecule has 35 heavy (non-hydrogen) atoms. The van der Waals surface area contributed by atoms with E-state index >= 15 is 0 Å². The summed E-state index contributed by atoms with van der Waals surface area (Å²) in [7, 11) is 0. The zero-order chi connectivity index (χ0) is 24.9. The maximum Gasteiger partial charge on any atom is 0.270 e. The van der Waals surface area contributed by atoms with Crippen LogP contribution in [0.4, 0.5) is 10.8 Å². The van der Waals surface area contributed by atoms with Crippen molar-refractivity contribution in [3.05, 3.63) is 103 Å². The third-order valence-electron chi connectivity index (χ3n) is 4.80. The van der Waals surface area contributed by atoms with Crippen molar-refractivity contribution in [3.63, 3.8) is 0 Å². The Kier molecular flexibility index (Phi) is 7.27. The number of nitro groups is 1. The third-order valence-corrected chi connectivity index (χ3v) is 6.40. The molecule has 0 aliphatic heterocycles. The zero-order valence-electron chi connectivity index (χ0n) is 17.7. The zero-order valence-corrected chi connectivity index (χ0v) is 20.0. The van der Waals surface area contributed by atoms with Crippen LogP contribution in [0.2, 0.25) is 10.0 Å². The van der Waals surface area contributed by atoms with Crippen LogP contribution < -0.4 is 5.32 Å². The summed E-state index contributed by atoms with van der Waals surface area (Å²) in [6, 6.07) is 16.5. The molecular formula is C24H14Cl2N4O4S. The fourth-order valence-corrected chi connectivity index (χ4v) is 4.43.